The molecule has 0 aliphatic rings. The molecule has 43 heavy (non-hydrogen) atoms. The Morgan fingerprint density at radius 1 is 0.535 bits per heavy atom. The van der Waals surface area contributed by atoms with Crippen LogP contribution in [0, 0.1) is 0 Å². The van der Waals surface area contributed by atoms with Crippen LogP contribution in [0.3, 0.4) is 0 Å². The third kappa shape index (κ3) is 9.74. The number of benzene rings is 3. The minimum Gasteiger partial charge on any atom is -0.550 e. The zero-order valence-electron chi connectivity index (χ0n) is 23.6. The number of aromatic nitrogens is 3. The molecule has 0 amide bonds. The number of hydrogen-bond acceptors (Lipinski definition) is 4. The van der Waals surface area contributed by atoms with Crippen molar-refractivity contribution in [2.75, 3.05) is 0 Å². The summed E-state index contributed by atoms with van der Waals surface area (Å²) in [7, 11) is 0. The Hall–Kier alpha value is -4.05. The zero-order chi connectivity index (χ0) is 29.9. The minimum absolute atomic E-state index is 0. The first-order valence-corrected chi connectivity index (χ1v) is 13.6. The summed E-state index contributed by atoms with van der Waals surface area (Å²) in [5.41, 5.74) is 6.34. The molecule has 0 atom stereocenters. The summed E-state index contributed by atoms with van der Waals surface area (Å²) in [6, 6.07) is 23.7. The molecule has 0 unspecified atom stereocenters. The van der Waals surface area contributed by atoms with Gasteiger partial charge in [0.25, 0.3) is 0 Å². The molecule has 10 heteroatoms. The van der Waals surface area contributed by atoms with E-state index in [0.29, 0.717) is 19.3 Å². The molecule has 0 saturated heterocycles. The van der Waals surface area contributed by atoms with Gasteiger partial charge in [-0.25, -0.2) is 0 Å². The van der Waals surface area contributed by atoms with E-state index in [1.807, 2.05) is 91.4 Å². The van der Waals surface area contributed by atoms with Crippen LogP contribution in [0.15, 0.2) is 91.4 Å². The van der Waals surface area contributed by atoms with Gasteiger partial charge in [0.05, 0.1) is 0 Å². The van der Waals surface area contributed by atoms with Gasteiger partial charge in [0.1, 0.15) is 0 Å². The van der Waals surface area contributed by atoms with Crippen LogP contribution >= 0.6 is 0 Å². The van der Waals surface area contributed by atoms with Gasteiger partial charge in [-0.2, -0.15) is 0 Å². The van der Waals surface area contributed by atoms with E-state index in [4.69, 9.17) is 10.2 Å². The molecule has 0 aliphatic heterocycles. The second kappa shape index (κ2) is 16.6. The number of hydrogen-bond donors (Lipinski definition) is 5. The summed E-state index contributed by atoms with van der Waals surface area (Å²) < 4.78 is 0. The second-order valence-electron chi connectivity index (χ2n) is 9.74. The number of carboxylic acids is 3. The number of H-pyrrole nitrogens is 3. The average molecular weight is 607 g/mol. The van der Waals surface area contributed by atoms with Crippen molar-refractivity contribution in [3.05, 3.63) is 108 Å². The predicted molar refractivity (Wildman–Crippen MR) is 166 cm³/mol. The van der Waals surface area contributed by atoms with Crippen molar-refractivity contribution in [2.45, 2.75) is 38.5 Å². The standard InChI is InChI=1S/3C11H11NO2.Ca/c3*13-11(14)6-5-8-7-12-10-4-2-1-3-9(8)10;/h3*1-4,7,12H,5-6H2,(H,13,14);/q;;;+2/p-1. The van der Waals surface area contributed by atoms with Crippen molar-refractivity contribution in [1.29, 1.82) is 0 Å². The summed E-state index contributed by atoms with van der Waals surface area (Å²) in [6.07, 6.45) is 7.74. The maximum Gasteiger partial charge on any atom is 2.00 e. The van der Waals surface area contributed by atoms with Crippen LogP contribution < -0.4 is 5.11 Å². The predicted octanol–water partition coefficient (Wildman–Crippen LogP) is 4.84. The van der Waals surface area contributed by atoms with E-state index in [-0.39, 0.29) is 57.0 Å². The Kier molecular flexibility index (Phi) is 12.9. The molecule has 0 bridgehead atoms. The fourth-order valence-electron chi connectivity index (χ4n) is 4.74. The maximum atomic E-state index is 10.4. The molecule has 6 rings (SSSR count). The number of aryl methyl sites for hydroxylation is 3. The summed E-state index contributed by atoms with van der Waals surface area (Å²) in [5.74, 6) is -2.51. The Balaban J connectivity index is 0.000000175. The smallest absolute Gasteiger partial charge is 0.550 e. The maximum absolute atomic E-state index is 10.4. The van der Waals surface area contributed by atoms with Gasteiger partial charge in [-0.05, 0) is 60.6 Å². The van der Waals surface area contributed by atoms with Crippen LogP contribution in [0.1, 0.15) is 36.0 Å². The Morgan fingerprint density at radius 3 is 1.14 bits per heavy atom. The van der Waals surface area contributed by atoms with Crippen molar-refractivity contribution < 1.29 is 29.7 Å². The molecule has 6 aromatic rings. The van der Waals surface area contributed by atoms with E-state index >= 15 is 0 Å². The molecule has 216 valence electrons. The summed E-state index contributed by atoms with van der Waals surface area (Å²) in [4.78, 5) is 40.5. The fraction of sp³-hybridized carbons (Fsp3) is 0.182. The number of fused-ring (bicyclic) bond motifs is 3. The van der Waals surface area contributed by atoms with E-state index in [9.17, 15) is 19.5 Å². The first-order valence-electron chi connectivity index (χ1n) is 13.6. The van der Waals surface area contributed by atoms with Gasteiger partial charge in [-0.3, -0.25) is 9.59 Å². The van der Waals surface area contributed by atoms with Gasteiger partial charge >= 0.3 is 49.7 Å². The number of nitrogens with one attached hydrogen (secondary N) is 3. The van der Waals surface area contributed by atoms with Crippen molar-refractivity contribution >= 4 is 88.4 Å². The topological polar surface area (TPSA) is 162 Å². The minimum atomic E-state index is -1.00. The molecule has 0 aliphatic carbocycles. The molecule has 0 spiro atoms. The van der Waals surface area contributed by atoms with Crippen LogP contribution in [-0.2, 0) is 33.6 Å². The normalized spacial score (nSPS) is 10.3. The number of rotatable bonds is 9. The van der Waals surface area contributed by atoms with Gasteiger partial charge in [-0.1, -0.05) is 54.6 Å². The Bertz CT molecular complexity index is 1590. The first-order chi connectivity index (χ1) is 20.3. The van der Waals surface area contributed by atoms with Crippen molar-refractivity contribution in [3.8, 4) is 0 Å². The second-order valence-corrected chi connectivity index (χ2v) is 9.74. The quantitative estimate of drug-likeness (QED) is 0.148. The van der Waals surface area contributed by atoms with Gasteiger partial charge < -0.3 is 35.1 Å². The van der Waals surface area contributed by atoms with E-state index in [1.54, 1.807) is 0 Å². The van der Waals surface area contributed by atoms with Crippen LogP contribution in [0.5, 0.6) is 0 Å². The Labute approximate surface area is 277 Å². The molecule has 3 heterocycles. The SMILES string of the molecule is O=C(O)CCc1c[nH]c2ccccc12.O=C(O)CCc1c[nH]c2ccccc12.O=C([O-])CCc1c[nH]c2ccccc12.[Ca+2]. The number of carbonyl (C=O) groups excluding carboxylic acids is 1. The van der Waals surface area contributed by atoms with Gasteiger partial charge in [0.2, 0.25) is 0 Å². The summed E-state index contributed by atoms with van der Waals surface area (Å²) in [5, 5.41) is 30.8. The first kappa shape index (κ1) is 33.5. The number of carbonyl (C=O) groups is 3. The zero-order valence-corrected chi connectivity index (χ0v) is 25.8. The number of carboxylic acid groups (broad SMARTS) is 3. The third-order valence-electron chi connectivity index (χ3n) is 6.84. The van der Waals surface area contributed by atoms with Gasteiger partial charge in [0.15, 0.2) is 0 Å². The summed E-state index contributed by atoms with van der Waals surface area (Å²) in [6.45, 7) is 0. The van der Waals surface area contributed by atoms with Crippen molar-refractivity contribution in [3.63, 3.8) is 0 Å². The molecular weight excluding hydrogens is 574 g/mol. The molecular formula is C33H32CaN3O6+. The van der Waals surface area contributed by atoms with E-state index in [0.717, 1.165) is 49.4 Å². The van der Waals surface area contributed by atoms with E-state index in [2.05, 4.69) is 15.0 Å². The molecule has 0 fully saturated rings. The van der Waals surface area contributed by atoms with Crippen LogP contribution in [0.25, 0.3) is 32.7 Å². The average Bonchev–Trinajstić information content (AvgIpc) is 3.71. The molecule has 3 aromatic carbocycles. The summed E-state index contributed by atoms with van der Waals surface area (Å²) >= 11 is 0. The Morgan fingerprint density at radius 2 is 0.837 bits per heavy atom. The van der Waals surface area contributed by atoms with Crippen LogP contribution in [0.2, 0.25) is 0 Å². The van der Waals surface area contributed by atoms with Crippen LogP contribution in [-0.4, -0.2) is 80.8 Å². The third-order valence-corrected chi connectivity index (χ3v) is 6.84. The van der Waals surface area contributed by atoms with Crippen molar-refractivity contribution in [1.82, 2.24) is 15.0 Å². The molecule has 0 saturated carbocycles. The molecule has 0 radical (unpaired) electrons. The number of para-hydroxylation sites is 3. The van der Waals surface area contributed by atoms with E-state index in [1.165, 1.54) is 0 Å². The number of aliphatic carboxylic acids is 3. The van der Waals surface area contributed by atoms with Gasteiger partial charge in [-0.15, -0.1) is 0 Å². The monoisotopic (exact) mass is 606 g/mol. The van der Waals surface area contributed by atoms with Crippen molar-refractivity contribution in [2.24, 2.45) is 0 Å². The molecule has 5 N–H and O–H groups in total. The van der Waals surface area contributed by atoms with Gasteiger partial charge in [0, 0.05) is 70.1 Å². The molecule has 9 nitrogen and oxygen atoms in total. The number of aromatic amines is 3. The van der Waals surface area contributed by atoms with Crippen LogP contribution in [0.4, 0.5) is 0 Å². The molecule has 3 aromatic heterocycles. The largest absolute Gasteiger partial charge is 2.00 e. The fourth-order valence-corrected chi connectivity index (χ4v) is 4.74. The van der Waals surface area contributed by atoms with E-state index < -0.39 is 17.9 Å².